The highest BCUT2D eigenvalue weighted by atomic mass is 35.5. The Morgan fingerprint density at radius 2 is 1.06 bits per heavy atom. The number of hydrogen-bond donors (Lipinski definition) is 0. The third-order valence-corrected chi connectivity index (χ3v) is 2.79. The van der Waals surface area contributed by atoms with Gasteiger partial charge in [-0.3, -0.25) is 0 Å². The standard InChI is InChI=1S/C12H20Cl2O4/c13-9-5-1-3-7-11(15)17-18-12(16)8-4-2-6-10-14/h1-10H2. The summed E-state index contributed by atoms with van der Waals surface area (Å²) in [6.07, 6.45) is 5.35. The highest BCUT2D eigenvalue weighted by molar-refractivity contribution is 6.18. The number of halogens is 2. The Balaban J connectivity index is 3.39. The van der Waals surface area contributed by atoms with Gasteiger partial charge in [-0.2, -0.15) is 0 Å². The van der Waals surface area contributed by atoms with Gasteiger partial charge in [-0.05, 0) is 25.7 Å². The average Bonchev–Trinajstić information content (AvgIpc) is 2.37. The molecule has 6 heteroatoms. The summed E-state index contributed by atoms with van der Waals surface area (Å²) in [4.78, 5) is 31.1. The zero-order valence-corrected chi connectivity index (χ0v) is 12.0. The third kappa shape index (κ3) is 12.0. The van der Waals surface area contributed by atoms with E-state index < -0.39 is 11.9 Å². The summed E-state index contributed by atoms with van der Waals surface area (Å²) < 4.78 is 0. The second-order valence-corrected chi connectivity index (χ2v) is 4.67. The van der Waals surface area contributed by atoms with E-state index in [0.29, 0.717) is 24.6 Å². The Kier molecular flexibility index (Phi) is 12.6. The van der Waals surface area contributed by atoms with Crippen molar-refractivity contribution in [3.05, 3.63) is 0 Å². The molecule has 0 saturated heterocycles. The van der Waals surface area contributed by atoms with Crippen molar-refractivity contribution < 1.29 is 19.4 Å². The number of carbonyl (C=O) groups is 2. The largest absolute Gasteiger partial charge is 0.355 e. The van der Waals surface area contributed by atoms with Crippen LogP contribution in [0.4, 0.5) is 0 Å². The molecule has 0 N–H and O–H groups in total. The smallest absolute Gasteiger partial charge is 0.247 e. The molecule has 18 heavy (non-hydrogen) atoms. The van der Waals surface area contributed by atoms with Crippen LogP contribution >= 0.6 is 23.2 Å². The van der Waals surface area contributed by atoms with Gasteiger partial charge >= 0.3 is 11.9 Å². The molecular formula is C12H20Cl2O4. The van der Waals surface area contributed by atoms with E-state index in [0.717, 1.165) is 25.7 Å². The normalized spacial score (nSPS) is 10.1. The van der Waals surface area contributed by atoms with Crippen molar-refractivity contribution in [3.8, 4) is 0 Å². The topological polar surface area (TPSA) is 52.6 Å². The fraction of sp³-hybridized carbons (Fsp3) is 0.833. The van der Waals surface area contributed by atoms with Crippen LogP contribution in [0.3, 0.4) is 0 Å². The molecule has 0 spiro atoms. The third-order valence-electron chi connectivity index (χ3n) is 2.26. The number of alkyl halides is 2. The van der Waals surface area contributed by atoms with Crippen molar-refractivity contribution in [1.82, 2.24) is 0 Å². The molecule has 0 atom stereocenters. The van der Waals surface area contributed by atoms with E-state index in [9.17, 15) is 9.59 Å². The molecule has 0 unspecified atom stereocenters. The summed E-state index contributed by atoms with van der Waals surface area (Å²) in [5, 5.41) is 0. The van der Waals surface area contributed by atoms with Gasteiger partial charge in [0.2, 0.25) is 0 Å². The SMILES string of the molecule is O=C(CCCCCCl)OOC(=O)CCCCCCl. The van der Waals surface area contributed by atoms with Crippen LogP contribution in [0.1, 0.15) is 51.4 Å². The van der Waals surface area contributed by atoms with Gasteiger partial charge in [-0.15, -0.1) is 23.2 Å². The Bertz CT molecular complexity index is 210. The van der Waals surface area contributed by atoms with E-state index in [1.807, 2.05) is 0 Å². The quantitative estimate of drug-likeness (QED) is 0.268. The van der Waals surface area contributed by atoms with E-state index in [1.165, 1.54) is 0 Å². The predicted molar refractivity (Wildman–Crippen MR) is 70.6 cm³/mol. The monoisotopic (exact) mass is 298 g/mol. The maximum Gasteiger partial charge on any atom is 0.355 e. The van der Waals surface area contributed by atoms with Gasteiger partial charge in [-0.25, -0.2) is 19.4 Å². The second-order valence-electron chi connectivity index (χ2n) is 3.91. The van der Waals surface area contributed by atoms with Gasteiger partial charge < -0.3 is 0 Å². The van der Waals surface area contributed by atoms with E-state index >= 15 is 0 Å². The summed E-state index contributed by atoms with van der Waals surface area (Å²) in [6.45, 7) is 0. The highest BCUT2D eigenvalue weighted by Gasteiger charge is 2.09. The van der Waals surface area contributed by atoms with E-state index in [4.69, 9.17) is 23.2 Å². The van der Waals surface area contributed by atoms with Gasteiger partial charge in [0.25, 0.3) is 0 Å². The van der Waals surface area contributed by atoms with Crippen LogP contribution in [0.25, 0.3) is 0 Å². The van der Waals surface area contributed by atoms with Crippen LogP contribution in [0, 0.1) is 0 Å². The molecule has 0 saturated carbocycles. The molecular weight excluding hydrogens is 279 g/mol. The molecule has 0 aromatic rings. The zero-order valence-electron chi connectivity index (χ0n) is 10.5. The molecule has 0 amide bonds. The molecule has 0 aliphatic heterocycles. The molecule has 0 aliphatic rings. The molecule has 0 fully saturated rings. The molecule has 106 valence electrons. The molecule has 0 aromatic carbocycles. The summed E-state index contributed by atoms with van der Waals surface area (Å²) in [5.41, 5.74) is 0. The van der Waals surface area contributed by atoms with Crippen LogP contribution < -0.4 is 0 Å². The number of rotatable bonds is 10. The Labute approximate surface area is 118 Å². The summed E-state index contributed by atoms with van der Waals surface area (Å²) in [6, 6.07) is 0. The number of carbonyl (C=O) groups excluding carboxylic acids is 2. The Morgan fingerprint density at radius 3 is 1.39 bits per heavy atom. The van der Waals surface area contributed by atoms with Crippen LogP contribution in [0.5, 0.6) is 0 Å². The summed E-state index contributed by atoms with van der Waals surface area (Å²) in [5.74, 6) is 0.149. The van der Waals surface area contributed by atoms with Gasteiger partial charge in [-0.1, -0.05) is 12.8 Å². The average molecular weight is 299 g/mol. The molecule has 0 aliphatic carbocycles. The van der Waals surface area contributed by atoms with E-state index in [-0.39, 0.29) is 12.8 Å². The van der Waals surface area contributed by atoms with Gasteiger partial charge in [0.15, 0.2) is 0 Å². The van der Waals surface area contributed by atoms with Crippen LogP contribution in [0.2, 0.25) is 0 Å². The lowest BCUT2D eigenvalue weighted by molar-refractivity contribution is -0.259. The summed E-state index contributed by atoms with van der Waals surface area (Å²) >= 11 is 11.0. The minimum atomic E-state index is -0.515. The minimum absolute atomic E-state index is 0.246. The van der Waals surface area contributed by atoms with Crippen molar-refractivity contribution in [2.45, 2.75) is 51.4 Å². The van der Waals surface area contributed by atoms with Gasteiger partial charge in [0.1, 0.15) is 0 Å². The molecule has 0 radical (unpaired) electrons. The van der Waals surface area contributed by atoms with Crippen molar-refractivity contribution in [2.75, 3.05) is 11.8 Å². The van der Waals surface area contributed by atoms with Crippen molar-refractivity contribution in [2.24, 2.45) is 0 Å². The van der Waals surface area contributed by atoms with Crippen molar-refractivity contribution in [1.29, 1.82) is 0 Å². The van der Waals surface area contributed by atoms with E-state index in [1.54, 1.807) is 0 Å². The number of hydrogen-bond acceptors (Lipinski definition) is 4. The Morgan fingerprint density at radius 1 is 0.667 bits per heavy atom. The molecule has 0 aromatic heterocycles. The van der Waals surface area contributed by atoms with E-state index in [2.05, 4.69) is 9.78 Å². The van der Waals surface area contributed by atoms with Gasteiger partial charge in [0, 0.05) is 11.8 Å². The van der Waals surface area contributed by atoms with Gasteiger partial charge in [0.05, 0.1) is 12.8 Å². The highest BCUT2D eigenvalue weighted by Crippen LogP contribution is 2.05. The fourth-order valence-corrected chi connectivity index (χ4v) is 1.64. The first-order valence-corrected chi connectivity index (χ1v) is 7.29. The second kappa shape index (κ2) is 13.0. The zero-order chi connectivity index (χ0) is 13.6. The van der Waals surface area contributed by atoms with Crippen molar-refractivity contribution in [3.63, 3.8) is 0 Å². The first-order chi connectivity index (χ1) is 8.70. The maximum absolute atomic E-state index is 11.1. The fourth-order valence-electron chi connectivity index (χ4n) is 1.26. The predicted octanol–water partition coefficient (Wildman–Crippen LogP) is 3.59. The van der Waals surface area contributed by atoms with Crippen LogP contribution in [0.15, 0.2) is 0 Å². The molecule has 0 heterocycles. The minimum Gasteiger partial charge on any atom is -0.247 e. The molecule has 0 rings (SSSR count). The molecule has 4 nitrogen and oxygen atoms in total. The molecule has 0 bridgehead atoms. The van der Waals surface area contributed by atoms with Crippen LogP contribution in [-0.4, -0.2) is 23.7 Å². The van der Waals surface area contributed by atoms with Crippen molar-refractivity contribution >= 4 is 35.1 Å². The lowest BCUT2D eigenvalue weighted by atomic mass is 10.2. The first kappa shape index (κ1) is 17.5. The maximum atomic E-state index is 11.1. The summed E-state index contributed by atoms with van der Waals surface area (Å²) in [7, 11) is 0. The Hall–Kier alpha value is -0.480. The lowest BCUT2D eigenvalue weighted by Gasteiger charge is -2.03. The number of unbranched alkanes of at least 4 members (excludes halogenated alkanes) is 4. The van der Waals surface area contributed by atoms with Crippen LogP contribution in [-0.2, 0) is 19.4 Å². The first-order valence-electron chi connectivity index (χ1n) is 6.22. The lowest BCUT2D eigenvalue weighted by Crippen LogP contribution is -2.11.